The molecule has 4 nitrogen and oxygen atoms in total. The molecule has 4 aliphatic rings. The first-order valence-electron chi connectivity index (χ1n) is 15.8. The van der Waals surface area contributed by atoms with E-state index in [4.69, 9.17) is 4.99 Å². The second kappa shape index (κ2) is 10.9. The summed E-state index contributed by atoms with van der Waals surface area (Å²) in [6.45, 7) is 6.25. The second-order valence-electron chi connectivity index (χ2n) is 13.4. The topological polar surface area (TPSA) is 49.9 Å². The Morgan fingerprint density at radius 2 is 1.47 bits per heavy atom. The first kappa shape index (κ1) is 29.1. The molecule has 1 aliphatic heterocycles. The minimum absolute atomic E-state index is 0.0401. The molecular weight excluding hydrogens is 587 g/mol. The average Bonchev–Trinajstić information content (AvgIpc) is 3.78. The van der Waals surface area contributed by atoms with Crippen molar-refractivity contribution in [2.24, 2.45) is 9.98 Å². The first-order valence-corrected chi connectivity index (χ1v) is 15.8. The number of phenolic OH excluding ortho intramolecular Hbond substituents is 1. The fourth-order valence-corrected chi connectivity index (χ4v) is 7.39. The van der Waals surface area contributed by atoms with Gasteiger partial charge in [0.1, 0.15) is 5.75 Å². The molecule has 230 valence electrons. The van der Waals surface area contributed by atoms with E-state index in [9.17, 15) is 13.7 Å². The smallest absolute Gasteiger partial charge is 0.507 e. The van der Waals surface area contributed by atoms with Crippen LogP contribution in [0.15, 0.2) is 125 Å². The van der Waals surface area contributed by atoms with Gasteiger partial charge in [-0.3, -0.25) is 18.6 Å². The summed E-state index contributed by atoms with van der Waals surface area (Å²) < 4.78 is 29.1. The van der Waals surface area contributed by atoms with Gasteiger partial charge in [-0.25, -0.2) is 0 Å². The van der Waals surface area contributed by atoms with Crippen molar-refractivity contribution in [3.05, 3.63) is 171 Å². The Bertz CT molecular complexity index is 2140. The highest BCUT2D eigenvalue weighted by molar-refractivity contribution is 6.41. The SMILES string of the molecule is CC(C)(C)c1cc(C=Nc2ccc3c(c2)C2c4ccccc4C3c3ccccc32)c(O)c(/C(=C2/C=CC=N2)c2cccn2B(F)F)c1. The molecule has 0 saturated heterocycles. The third-order valence-electron chi connectivity index (χ3n) is 9.61. The van der Waals surface area contributed by atoms with E-state index >= 15 is 0 Å². The molecule has 0 unspecified atom stereocenters. The van der Waals surface area contributed by atoms with Crippen LogP contribution in [0.2, 0.25) is 0 Å². The van der Waals surface area contributed by atoms with E-state index in [2.05, 4.69) is 86.4 Å². The molecule has 0 atom stereocenters. The monoisotopic (exact) mass is 619 g/mol. The summed E-state index contributed by atoms with van der Waals surface area (Å²) in [6, 6.07) is 30.8. The maximum atomic E-state index is 14.1. The quantitative estimate of drug-likeness (QED) is 0.152. The van der Waals surface area contributed by atoms with Crippen LogP contribution in [-0.2, 0) is 5.41 Å². The van der Waals surface area contributed by atoms with Crippen molar-refractivity contribution in [3.63, 3.8) is 0 Å². The Balaban J connectivity index is 1.25. The fraction of sp³-hybridized carbons (Fsp3) is 0.150. The normalized spacial score (nSPS) is 18.4. The predicted octanol–water partition coefficient (Wildman–Crippen LogP) is 9.40. The summed E-state index contributed by atoms with van der Waals surface area (Å²) in [5.74, 6) is 0.269. The molecule has 4 aromatic carbocycles. The number of nitrogens with zero attached hydrogens (tertiary/aromatic N) is 3. The molecule has 9 rings (SSSR count). The van der Waals surface area contributed by atoms with Crippen LogP contribution in [-0.4, -0.2) is 29.4 Å². The summed E-state index contributed by atoms with van der Waals surface area (Å²) in [5.41, 5.74) is 11.5. The van der Waals surface area contributed by atoms with Gasteiger partial charge in [0.25, 0.3) is 0 Å². The summed E-state index contributed by atoms with van der Waals surface area (Å²) in [6.07, 6.45) is 8.18. The van der Waals surface area contributed by atoms with E-state index in [0.717, 1.165) is 15.7 Å². The third kappa shape index (κ3) is 4.72. The molecule has 2 heterocycles. The molecule has 7 heteroatoms. The summed E-state index contributed by atoms with van der Waals surface area (Å²) >= 11 is 0. The molecular formula is C40H32BF2N3O. The zero-order valence-corrected chi connectivity index (χ0v) is 26.3. The number of aromatic hydroxyl groups is 1. The number of hydrogen-bond donors (Lipinski definition) is 1. The molecule has 2 bridgehead atoms. The largest absolute Gasteiger partial charge is 0.677 e. The van der Waals surface area contributed by atoms with Gasteiger partial charge < -0.3 is 9.58 Å². The zero-order valence-electron chi connectivity index (χ0n) is 26.3. The number of aromatic nitrogens is 1. The lowest BCUT2D eigenvalue weighted by molar-refractivity contribution is 0.471. The van der Waals surface area contributed by atoms with Crippen molar-refractivity contribution in [3.8, 4) is 5.75 Å². The van der Waals surface area contributed by atoms with Crippen LogP contribution in [0.3, 0.4) is 0 Å². The minimum Gasteiger partial charge on any atom is -0.507 e. The number of allylic oxidation sites excluding steroid dienone is 2. The molecule has 0 amide bonds. The Hall–Kier alpha value is -5.30. The number of phenols is 1. The predicted molar refractivity (Wildman–Crippen MR) is 187 cm³/mol. The van der Waals surface area contributed by atoms with Gasteiger partial charge in [0.05, 0.1) is 11.4 Å². The minimum atomic E-state index is -2.75. The van der Waals surface area contributed by atoms with Crippen LogP contribution in [0.5, 0.6) is 5.75 Å². The van der Waals surface area contributed by atoms with E-state index in [0.29, 0.717) is 22.4 Å². The van der Waals surface area contributed by atoms with E-state index < -0.39 is 7.40 Å². The lowest BCUT2D eigenvalue weighted by Crippen LogP contribution is -2.27. The van der Waals surface area contributed by atoms with Gasteiger partial charge in [0, 0.05) is 46.7 Å². The molecule has 3 aliphatic carbocycles. The Morgan fingerprint density at radius 3 is 2.06 bits per heavy atom. The highest BCUT2D eigenvalue weighted by atomic mass is 19.2. The van der Waals surface area contributed by atoms with Gasteiger partial charge in [-0.05, 0) is 99.1 Å². The van der Waals surface area contributed by atoms with Crippen LogP contribution in [0.4, 0.5) is 14.3 Å². The molecule has 5 aromatic rings. The van der Waals surface area contributed by atoms with Crippen molar-refractivity contribution in [2.75, 3.05) is 0 Å². The van der Waals surface area contributed by atoms with Crippen LogP contribution < -0.4 is 0 Å². The Kier molecular flexibility index (Phi) is 6.76. The van der Waals surface area contributed by atoms with Gasteiger partial charge in [-0.15, -0.1) is 0 Å². The average molecular weight is 620 g/mol. The van der Waals surface area contributed by atoms with Gasteiger partial charge >= 0.3 is 7.40 Å². The third-order valence-corrected chi connectivity index (χ3v) is 9.61. The van der Waals surface area contributed by atoms with Crippen molar-refractivity contribution < 1.29 is 13.7 Å². The number of rotatable bonds is 5. The molecule has 0 saturated carbocycles. The summed E-state index contributed by atoms with van der Waals surface area (Å²) in [7, 11) is -2.75. The standard InChI is InChI=1S/C40H32BF2N3O/c1-40(2,3)25-20-24(39(47)33(21-25)38(34-14-8-18-44-34)35-15-9-19-46(35)41(42)43)23-45-26-16-17-31-32(22-26)37-29-12-6-4-10-27(29)36(31)28-11-5-7-13-30(28)37/h4-23,36-37,47H,1-3H3/b38-34+,45-23?. The first-order chi connectivity index (χ1) is 22.7. The van der Waals surface area contributed by atoms with Crippen molar-refractivity contribution in [1.82, 2.24) is 4.48 Å². The highest BCUT2D eigenvalue weighted by Crippen LogP contribution is 2.56. The molecule has 1 aromatic heterocycles. The maximum absolute atomic E-state index is 14.1. The van der Waals surface area contributed by atoms with Crippen LogP contribution in [0, 0.1) is 0 Å². The second-order valence-corrected chi connectivity index (χ2v) is 13.4. The molecule has 47 heavy (non-hydrogen) atoms. The van der Waals surface area contributed by atoms with Crippen LogP contribution in [0.1, 0.15) is 88.4 Å². The lowest BCUT2D eigenvalue weighted by Gasteiger charge is -2.42. The zero-order chi connectivity index (χ0) is 32.4. The molecule has 0 spiro atoms. The molecule has 0 radical (unpaired) electrons. The van der Waals surface area contributed by atoms with Crippen molar-refractivity contribution in [2.45, 2.75) is 38.0 Å². The van der Waals surface area contributed by atoms with Crippen LogP contribution in [0.25, 0.3) is 5.57 Å². The Morgan fingerprint density at radius 1 is 0.830 bits per heavy atom. The summed E-state index contributed by atoms with van der Waals surface area (Å²) in [4.78, 5) is 9.36. The maximum Gasteiger partial charge on any atom is 0.677 e. The lowest BCUT2D eigenvalue weighted by atomic mass is 9.61. The number of benzene rings is 4. The van der Waals surface area contributed by atoms with E-state index in [1.807, 2.05) is 18.2 Å². The van der Waals surface area contributed by atoms with Gasteiger partial charge in [0.2, 0.25) is 0 Å². The van der Waals surface area contributed by atoms with E-state index in [-0.39, 0.29) is 28.7 Å². The van der Waals surface area contributed by atoms with E-state index in [1.54, 1.807) is 36.7 Å². The van der Waals surface area contributed by atoms with Gasteiger partial charge in [-0.1, -0.05) is 75.4 Å². The summed E-state index contributed by atoms with van der Waals surface area (Å²) in [5, 5.41) is 11.8. The van der Waals surface area contributed by atoms with Crippen molar-refractivity contribution >= 4 is 31.1 Å². The Labute approximate surface area is 273 Å². The van der Waals surface area contributed by atoms with Gasteiger partial charge in [0.15, 0.2) is 0 Å². The van der Waals surface area contributed by atoms with Crippen molar-refractivity contribution in [1.29, 1.82) is 0 Å². The molecule has 0 fully saturated rings. The fourth-order valence-electron chi connectivity index (χ4n) is 7.39. The van der Waals surface area contributed by atoms with Gasteiger partial charge in [-0.2, -0.15) is 0 Å². The number of hydrogen-bond acceptors (Lipinski definition) is 3. The molecule has 1 N–H and O–H groups in total. The van der Waals surface area contributed by atoms with Crippen LogP contribution >= 0.6 is 0 Å². The van der Waals surface area contributed by atoms with E-state index in [1.165, 1.54) is 39.6 Å². The number of halogens is 2. The number of aliphatic imine (C=N–C) groups is 2. The highest BCUT2D eigenvalue weighted by Gasteiger charge is 2.41.